The van der Waals surface area contributed by atoms with Crippen molar-refractivity contribution in [3.8, 4) is 0 Å². The fourth-order valence-electron chi connectivity index (χ4n) is 1.92. The molecule has 0 bridgehead atoms. The molecule has 1 aliphatic carbocycles. The molecular formula is C9H14N2S. The zero-order valence-corrected chi connectivity index (χ0v) is 7.89. The van der Waals surface area contributed by atoms with Crippen LogP contribution < -0.4 is 5.73 Å². The van der Waals surface area contributed by atoms with E-state index >= 15 is 0 Å². The fraction of sp³-hybridized carbons (Fsp3) is 0.667. The lowest BCUT2D eigenvalue weighted by Crippen LogP contribution is -2.25. The van der Waals surface area contributed by atoms with Crippen LogP contribution in [0.3, 0.4) is 0 Å². The first-order valence-corrected chi connectivity index (χ1v) is 5.37. The average Bonchev–Trinajstić information content (AvgIpc) is 2.65. The summed E-state index contributed by atoms with van der Waals surface area (Å²) >= 11 is 1.75. The van der Waals surface area contributed by atoms with Crippen LogP contribution in [0.1, 0.15) is 24.1 Å². The summed E-state index contributed by atoms with van der Waals surface area (Å²) in [6.45, 7) is 0. The van der Waals surface area contributed by atoms with Crippen molar-refractivity contribution >= 4 is 11.3 Å². The number of rotatable bonds is 2. The van der Waals surface area contributed by atoms with E-state index in [1.807, 2.05) is 11.7 Å². The average molecular weight is 182 g/mol. The minimum Gasteiger partial charge on any atom is -0.327 e. The highest BCUT2D eigenvalue weighted by Gasteiger charge is 2.24. The zero-order chi connectivity index (χ0) is 8.39. The van der Waals surface area contributed by atoms with Crippen molar-refractivity contribution in [1.82, 2.24) is 4.98 Å². The van der Waals surface area contributed by atoms with Crippen LogP contribution in [0, 0.1) is 5.92 Å². The van der Waals surface area contributed by atoms with Gasteiger partial charge in [-0.25, -0.2) is 0 Å². The molecule has 0 amide bonds. The second kappa shape index (κ2) is 3.54. The van der Waals surface area contributed by atoms with Gasteiger partial charge in [-0.15, -0.1) is 11.3 Å². The number of aromatic nitrogens is 1. The number of hydrogen-bond donors (Lipinski definition) is 1. The molecule has 1 aromatic heterocycles. The van der Waals surface area contributed by atoms with Gasteiger partial charge in [0, 0.05) is 17.1 Å². The maximum atomic E-state index is 5.98. The van der Waals surface area contributed by atoms with E-state index in [1.54, 1.807) is 11.3 Å². The zero-order valence-electron chi connectivity index (χ0n) is 7.07. The van der Waals surface area contributed by atoms with Gasteiger partial charge in [0.2, 0.25) is 0 Å². The van der Waals surface area contributed by atoms with E-state index in [9.17, 15) is 0 Å². The quantitative estimate of drug-likeness (QED) is 0.757. The molecule has 2 unspecified atom stereocenters. The fourth-order valence-corrected chi connectivity index (χ4v) is 2.61. The molecule has 0 saturated heterocycles. The number of nitrogens with zero attached hydrogens (tertiary/aromatic N) is 1. The second-order valence-electron chi connectivity index (χ2n) is 3.53. The first-order valence-electron chi connectivity index (χ1n) is 4.49. The Balaban J connectivity index is 1.95. The Labute approximate surface area is 76.8 Å². The van der Waals surface area contributed by atoms with Gasteiger partial charge in [0.05, 0.1) is 5.51 Å². The van der Waals surface area contributed by atoms with E-state index in [2.05, 4.69) is 4.98 Å². The lowest BCUT2D eigenvalue weighted by molar-refractivity contribution is 0.482. The van der Waals surface area contributed by atoms with Crippen LogP contribution >= 0.6 is 11.3 Å². The van der Waals surface area contributed by atoms with Gasteiger partial charge in [-0.05, 0) is 25.2 Å². The van der Waals surface area contributed by atoms with Crippen LogP contribution in [-0.4, -0.2) is 11.0 Å². The summed E-state index contributed by atoms with van der Waals surface area (Å²) in [5.41, 5.74) is 7.88. The molecule has 2 atom stereocenters. The van der Waals surface area contributed by atoms with E-state index < -0.39 is 0 Å². The minimum absolute atomic E-state index is 0.437. The first kappa shape index (κ1) is 8.20. The molecule has 1 fully saturated rings. The van der Waals surface area contributed by atoms with Gasteiger partial charge in [0.25, 0.3) is 0 Å². The van der Waals surface area contributed by atoms with E-state index in [0.29, 0.717) is 12.0 Å². The molecule has 0 radical (unpaired) electrons. The Bertz CT molecular complexity index is 233. The SMILES string of the molecule is NC1CCCC1Cc1cncs1. The third kappa shape index (κ3) is 1.67. The Morgan fingerprint density at radius 1 is 1.58 bits per heavy atom. The number of hydrogen-bond acceptors (Lipinski definition) is 3. The Morgan fingerprint density at radius 2 is 2.50 bits per heavy atom. The van der Waals surface area contributed by atoms with E-state index in [-0.39, 0.29) is 0 Å². The predicted octanol–water partition coefficient (Wildman–Crippen LogP) is 1.81. The summed E-state index contributed by atoms with van der Waals surface area (Å²) in [6, 6.07) is 0.437. The van der Waals surface area contributed by atoms with E-state index in [4.69, 9.17) is 5.73 Å². The summed E-state index contributed by atoms with van der Waals surface area (Å²) in [7, 11) is 0. The monoisotopic (exact) mass is 182 g/mol. The standard InChI is InChI=1S/C9H14N2S/c10-9-3-1-2-7(9)4-8-5-11-6-12-8/h5-7,9H,1-4,10H2. The van der Waals surface area contributed by atoms with Crippen LogP contribution in [0.4, 0.5) is 0 Å². The van der Waals surface area contributed by atoms with Gasteiger partial charge >= 0.3 is 0 Å². The topological polar surface area (TPSA) is 38.9 Å². The van der Waals surface area contributed by atoms with Gasteiger partial charge in [0.15, 0.2) is 0 Å². The number of thiazole rings is 1. The maximum Gasteiger partial charge on any atom is 0.0794 e. The molecule has 0 aliphatic heterocycles. The lowest BCUT2D eigenvalue weighted by atomic mass is 10.00. The molecule has 2 N–H and O–H groups in total. The normalized spacial score (nSPS) is 29.4. The van der Waals surface area contributed by atoms with Gasteiger partial charge in [-0.1, -0.05) is 6.42 Å². The van der Waals surface area contributed by atoms with Crippen LogP contribution in [0.25, 0.3) is 0 Å². The van der Waals surface area contributed by atoms with Crippen LogP contribution in [0.15, 0.2) is 11.7 Å². The molecule has 1 aromatic rings. The molecule has 1 heterocycles. The minimum atomic E-state index is 0.437. The third-order valence-corrected chi connectivity index (χ3v) is 3.47. The van der Waals surface area contributed by atoms with Gasteiger partial charge < -0.3 is 5.73 Å². The molecule has 12 heavy (non-hydrogen) atoms. The van der Waals surface area contributed by atoms with E-state index in [0.717, 1.165) is 6.42 Å². The maximum absolute atomic E-state index is 5.98. The smallest absolute Gasteiger partial charge is 0.0794 e. The Kier molecular flexibility index (Phi) is 2.42. The van der Waals surface area contributed by atoms with Gasteiger partial charge in [0.1, 0.15) is 0 Å². The number of nitrogens with two attached hydrogens (primary N) is 1. The van der Waals surface area contributed by atoms with Crippen LogP contribution in [0.5, 0.6) is 0 Å². The molecule has 0 aromatic carbocycles. The van der Waals surface area contributed by atoms with Crippen molar-refractivity contribution in [2.45, 2.75) is 31.7 Å². The van der Waals surface area contributed by atoms with Crippen LogP contribution in [0.2, 0.25) is 0 Å². The predicted molar refractivity (Wildman–Crippen MR) is 51.1 cm³/mol. The summed E-state index contributed by atoms with van der Waals surface area (Å²) in [5, 5.41) is 0. The summed E-state index contributed by atoms with van der Waals surface area (Å²) in [6.07, 6.45) is 6.94. The van der Waals surface area contributed by atoms with E-state index in [1.165, 1.54) is 24.1 Å². The second-order valence-corrected chi connectivity index (χ2v) is 4.50. The van der Waals surface area contributed by atoms with Crippen molar-refractivity contribution in [3.63, 3.8) is 0 Å². The Hall–Kier alpha value is -0.410. The summed E-state index contributed by atoms with van der Waals surface area (Å²) < 4.78 is 0. The van der Waals surface area contributed by atoms with Crippen molar-refractivity contribution in [2.24, 2.45) is 11.7 Å². The molecule has 0 spiro atoms. The highest BCUT2D eigenvalue weighted by Crippen LogP contribution is 2.28. The Morgan fingerprint density at radius 3 is 3.08 bits per heavy atom. The van der Waals surface area contributed by atoms with Crippen molar-refractivity contribution in [2.75, 3.05) is 0 Å². The third-order valence-electron chi connectivity index (χ3n) is 2.66. The highest BCUT2D eigenvalue weighted by atomic mass is 32.1. The first-order chi connectivity index (χ1) is 5.86. The van der Waals surface area contributed by atoms with Gasteiger partial charge in [-0.3, -0.25) is 4.98 Å². The molecule has 1 saturated carbocycles. The summed E-state index contributed by atoms with van der Waals surface area (Å²) in [5.74, 6) is 0.713. The molecule has 3 heteroatoms. The van der Waals surface area contributed by atoms with Crippen LogP contribution in [-0.2, 0) is 6.42 Å². The molecule has 66 valence electrons. The van der Waals surface area contributed by atoms with Gasteiger partial charge in [-0.2, -0.15) is 0 Å². The largest absolute Gasteiger partial charge is 0.327 e. The van der Waals surface area contributed by atoms with Crippen molar-refractivity contribution in [3.05, 3.63) is 16.6 Å². The van der Waals surface area contributed by atoms with Crippen molar-refractivity contribution in [1.29, 1.82) is 0 Å². The molecule has 2 rings (SSSR count). The molecule has 2 nitrogen and oxygen atoms in total. The molecule has 1 aliphatic rings. The lowest BCUT2D eigenvalue weighted by Gasteiger charge is -2.12. The summed E-state index contributed by atoms with van der Waals surface area (Å²) in [4.78, 5) is 5.45. The molecular weight excluding hydrogens is 168 g/mol. The highest BCUT2D eigenvalue weighted by molar-refractivity contribution is 7.09. The van der Waals surface area contributed by atoms with Crippen molar-refractivity contribution < 1.29 is 0 Å².